The van der Waals surface area contributed by atoms with E-state index >= 15 is 0 Å². The summed E-state index contributed by atoms with van der Waals surface area (Å²) in [4.78, 5) is 11.8. The van der Waals surface area contributed by atoms with Crippen LogP contribution in [0.5, 0.6) is 0 Å². The van der Waals surface area contributed by atoms with Crippen molar-refractivity contribution >= 4 is 15.7 Å². The predicted octanol–water partition coefficient (Wildman–Crippen LogP) is 0.795. The van der Waals surface area contributed by atoms with Gasteiger partial charge in [-0.25, -0.2) is 8.42 Å². The summed E-state index contributed by atoms with van der Waals surface area (Å²) in [6, 6.07) is 9.70. The maximum absolute atomic E-state index is 11.8. The van der Waals surface area contributed by atoms with Crippen LogP contribution in [0.1, 0.15) is 12.5 Å². The lowest BCUT2D eigenvalue weighted by Gasteiger charge is -2.13. The van der Waals surface area contributed by atoms with E-state index < -0.39 is 21.0 Å². The number of ether oxygens (including phenoxy) is 1. The van der Waals surface area contributed by atoms with Gasteiger partial charge >= 0.3 is 0 Å². The molecule has 0 saturated carbocycles. The summed E-state index contributed by atoms with van der Waals surface area (Å²) in [5.41, 5.74) is 1.10. The normalized spacial score (nSPS) is 12.9. The Morgan fingerprint density at radius 3 is 2.55 bits per heavy atom. The average Bonchev–Trinajstić information content (AvgIpc) is 2.45. The Morgan fingerprint density at radius 2 is 1.95 bits per heavy atom. The Bertz CT molecular complexity index is 513. The molecule has 0 aliphatic heterocycles. The number of benzene rings is 1. The standard InChI is InChI=1S/C14H21NO4S/c1-12(20(17,18)11-10-19-2)14(16)15-9-8-13-6-4-3-5-7-13/h3-7,12H,8-11H2,1-2H3,(H,15,16). The number of methoxy groups -OCH3 is 1. The molecule has 112 valence electrons. The third kappa shape index (κ3) is 5.30. The number of nitrogens with one attached hydrogen (secondary N) is 1. The van der Waals surface area contributed by atoms with E-state index in [-0.39, 0.29) is 12.4 Å². The van der Waals surface area contributed by atoms with Gasteiger partial charge in [-0.15, -0.1) is 0 Å². The van der Waals surface area contributed by atoms with Crippen LogP contribution in [0, 0.1) is 0 Å². The Labute approximate surface area is 120 Å². The zero-order valence-electron chi connectivity index (χ0n) is 11.8. The van der Waals surface area contributed by atoms with Gasteiger partial charge in [0.25, 0.3) is 0 Å². The van der Waals surface area contributed by atoms with Gasteiger partial charge in [-0.2, -0.15) is 0 Å². The molecule has 1 aromatic carbocycles. The first-order chi connectivity index (χ1) is 9.47. The van der Waals surface area contributed by atoms with E-state index in [1.807, 2.05) is 30.3 Å². The maximum Gasteiger partial charge on any atom is 0.238 e. The second-order valence-corrected chi connectivity index (χ2v) is 6.97. The first-order valence-corrected chi connectivity index (χ1v) is 8.21. The second-order valence-electron chi connectivity index (χ2n) is 4.53. The summed E-state index contributed by atoms with van der Waals surface area (Å²) >= 11 is 0. The number of rotatable bonds is 8. The topological polar surface area (TPSA) is 72.5 Å². The largest absolute Gasteiger partial charge is 0.384 e. The lowest BCUT2D eigenvalue weighted by atomic mass is 10.1. The number of amides is 1. The Kier molecular flexibility index (Phi) is 6.67. The Hall–Kier alpha value is -1.40. The third-order valence-electron chi connectivity index (χ3n) is 3.04. The first-order valence-electron chi connectivity index (χ1n) is 6.49. The van der Waals surface area contributed by atoms with Crippen LogP contribution < -0.4 is 5.32 Å². The van der Waals surface area contributed by atoms with Gasteiger partial charge in [-0.3, -0.25) is 4.79 Å². The van der Waals surface area contributed by atoms with E-state index in [1.54, 1.807) is 0 Å². The summed E-state index contributed by atoms with van der Waals surface area (Å²) in [7, 11) is -2.02. The molecule has 0 aromatic heterocycles. The molecule has 1 N–H and O–H groups in total. The minimum absolute atomic E-state index is 0.101. The van der Waals surface area contributed by atoms with Crippen LogP contribution in [0.25, 0.3) is 0 Å². The van der Waals surface area contributed by atoms with Crippen LogP contribution in [-0.2, 0) is 25.8 Å². The minimum atomic E-state index is -3.45. The average molecular weight is 299 g/mol. The molecule has 0 spiro atoms. The number of hydrogen-bond donors (Lipinski definition) is 1. The van der Waals surface area contributed by atoms with Gasteiger partial charge in [0.05, 0.1) is 12.4 Å². The summed E-state index contributed by atoms with van der Waals surface area (Å²) in [5, 5.41) is 1.61. The molecular formula is C14H21NO4S. The van der Waals surface area contributed by atoms with Gasteiger partial charge in [0.2, 0.25) is 5.91 Å². The lowest BCUT2D eigenvalue weighted by molar-refractivity contribution is -0.120. The number of sulfone groups is 1. The highest BCUT2D eigenvalue weighted by Gasteiger charge is 2.27. The van der Waals surface area contributed by atoms with E-state index in [0.29, 0.717) is 13.0 Å². The highest BCUT2D eigenvalue weighted by atomic mass is 32.2. The fourth-order valence-electron chi connectivity index (χ4n) is 1.66. The molecule has 1 unspecified atom stereocenters. The molecule has 1 atom stereocenters. The number of hydrogen-bond acceptors (Lipinski definition) is 4. The fourth-order valence-corrected chi connectivity index (χ4v) is 2.82. The molecule has 0 heterocycles. The molecule has 0 bridgehead atoms. The van der Waals surface area contributed by atoms with Gasteiger partial charge in [0.1, 0.15) is 5.25 Å². The van der Waals surface area contributed by atoms with Crippen LogP contribution in [-0.4, -0.2) is 45.6 Å². The van der Waals surface area contributed by atoms with E-state index in [9.17, 15) is 13.2 Å². The van der Waals surface area contributed by atoms with Crippen LogP contribution in [0.15, 0.2) is 30.3 Å². The molecule has 0 radical (unpaired) electrons. The molecule has 1 aromatic rings. The molecule has 6 heteroatoms. The lowest BCUT2D eigenvalue weighted by Crippen LogP contribution is -2.40. The maximum atomic E-state index is 11.8. The van der Waals surface area contributed by atoms with Crippen molar-refractivity contribution in [3.63, 3.8) is 0 Å². The van der Waals surface area contributed by atoms with Crippen molar-refractivity contribution in [1.29, 1.82) is 0 Å². The molecule has 1 rings (SSSR count). The molecule has 5 nitrogen and oxygen atoms in total. The van der Waals surface area contributed by atoms with Crippen molar-refractivity contribution in [3.05, 3.63) is 35.9 Å². The Balaban J connectivity index is 2.42. The van der Waals surface area contributed by atoms with Crippen molar-refractivity contribution in [1.82, 2.24) is 5.32 Å². The second kappa shape index (κ2) is 8.01. The summed E-state index contributed by atoms with van der Waals surface area (Å²) in [6.07, 6.45) is 0.678. The van der Waals surface area contributed by atoms with E-state index in [1.165, 1.54) is 14.0 Å². The van der Waals surface area contributed by atoms with Gasteiger partial charge in [0, 0.05) is 13.7 Å². The minimum Gasteiger partial charge on any atom is -0.384 e. The van der Waals surface area contributed by atoms with Crippen LogP contribution >= 0.6 is 0 Å². The van der Waals surface area contributed by atoms with Crippen molar-refractivity contribution in [3.8, 4) is 0 Å². The zero-order valence-corrected chi connectivity index (χ0v) is 12.7. The smallest absolute Gasteiger partial charge is 0.238 e. The summed E-state index contributed by atoms with van der Waals surface area (Å²) in [6.45, 7) is 1.93. The molecule has 20 heavy (non-hydrogen) atoms. The number of carbonyl (C=O) groups is 1. The zero-order chi connectivity index (χ0) is 15.0. The van der Waals surface area contributed by atoms with Crippen LogP contribution in [0.2, 0.25) is 0 Å². The van der Waals surface area contributed by atoms with E-state index in [2.05, 4.69) is 5.32 Å². The van der Waals surface area contributed by atoms with Crippen molar-refractivity contribution in [2.75, 3.05) is 26.0 Å². The van der Waals surface area contributed by atoms with Crippen molar-refractivity contribution < 1.29 is 17.9 Å². The molecule has 0 fully saturated rings. The van der Waals surface area contributed by atoms with E-state index in [4.69, 9.17) is 4.74 Å². The van der Waals surface area contributed by atoms with Gasteiger partial charge < -0.3 is 10.1 Å². The van der Waals surface area contributed by atoms with Crippen molar-refractivity contribution in [2.24, 2.45) is 0 Å². The number of carbonyl (C=O) groups excluding carboxylic acids is 1. The SMILES string of the molecule is COCCS(=O)(=O)C(C)C(=O)NCCc1ccccc1. The Morgan fingerprint density at radius 1 is 1.30 bits per heavy atom. The van der Waals surface area contributed by atoms with Crippen molar-refractivity contribution in [2.45, 2.75) is 18.6 Å². The van der Waals surface area contributed by atoms with Gasteiger partial charge in [-0.05, 0) is 18.9 Å². The predicted molar refractivity (Wildman–Crippen MR) is 78.3 cm³/mol. The molecular weight excluding hydrogens is 278 g/mol. The highest BCUT2D eigenvalue weighted by Crippen LogP contribution is 2.03. The quantitative estimate of drug-likeness (QED) is 0.770. The molecule has 0 aliphatic rings. The third-order valence-corrected chi connectivity index (χ3v) is 5.06. The molecule has 0 aliphatic carbocycles. The molecule has 1 amide bonds. The van der Waals surface area contributed by atoms with Crippen LogP contribution in [0.3, 0.4) is 0 Å². The first kappa shape index (κ1) is 16.7. The van der Waals surface area contributed by atoms with Gasteiger partial charge in [0.15, 0.2) is 9.84 Å². The summed E-state index contributed by atoms with van der Waals surface area (Å²) < 4.78 is 28.4. The van der Waals surface area contributed by atoms with Crippen LogP contribution in [0.4, 0.5) is 0 Å². The van der Waals surface area contributed by atoms with E-state index in [0.717, 1.165) is 5.56 Å². The molecule has 0 saturated heterocycles. The highest BCUT2D eigenvalue weighted by molar-refractivity contribution is 7.92. The fraction of sp³-hybridized carbons (Fsp3) is 0.500. The summed E-state index contributed by atoms with van der Waals surface area (Å²) in [5.74, 6) is -0.603. The monoisotopic (exact) mass is 299 g/mol. The van der Waals surface area contributed by atoms with Gasteiger partial charge in [-0.1, -0.05) is 30.3 Å².